The van der Waals surface area contributed by atoms with Crippen LogP contribution in [0.4, 0.5) is 5.69 Å². The standard InChI is InChI=1S/C15H22N2.C13H16O2.C9H13N.C2H4O4/c1-5-14(16-3)15(17-4)11-10-13-8-6-12(2)7-9-13;1-3-12(14)13(15)9-8-11-6-4-10(2)5-7-11;1-6-4-7(2)9(10)8(3)5-6;3-1(4)2(5)6/h6-9H,5,10-11H2,1-4H3;4-7H,3,8-9H2,1-2H3;4-5H,10H2,1-3H3;3-6H. The summed E-state index contributed by atoms with van der Waals surface area (Å²) >= 11 is 0. The lowest BCUT2D eigenvalue weighted by Crippen LogP contribution is -2.14. The number of hydrogen-bond acceptors (Lipinski definition) is 9. The summed E-state index contributed by atoms with van der Waals surface area (Å²) in [7, 11) is 3.70. The number of carbonyl (C=O) groups is 2. The Hall–Kier alpha value is -4.92. The second-order valence-corrected chi connectivity index (χ2v) is 11.3. The molecule has 0 aromatic heterocycles. The van der Waals surface area contributed by atoms with Gasteiger partial charge in [0.2, 0.25) is 0 Å². The number of hydrogen-bond donors (Lipinski definition) is 5. The summed E-state index contributed by atoms with van der Waals surface area (Å²) in [5.74, 6) is -3.44. The second-order valence-electron chi connectivity index (χ2n) is 11.3. The van der Waals surface area contributed by atoms with Crippen molar-refractivity contribution in [1.29, 1.82) is 0 Å². The molecule has 0 radical (unpaired) electrons. The Bertz CT molecular complexity index is 1480. The molecule has 9 nitrogen and oxygen atoms in total. The van der Waals surface area contributed by atoms with E-state index in [2.05, 4.69) is 67.2 Å². The third-order valence-electron chi connectivity index (χ3n) is 7.31. The molecular weight excluding hydrogens is 606 g/mol. The first-order valence-corrected chi connectivity index (χ1v) is 16.0. The van der Waals surface area contributed by atoms with Gasteiger partial charge in [0.25, 0.3) is 0 Å². The smallest absolute Gasteiger partial charge is 0.358 e. The maximum Gasteiger partial charge on any atom is 0.358 e. The number of Topliss-reactive ketones (excluding diaryl/α,β-unsaturated/α-hetero) is 2. The fourth-order valence-electron chi connectivity index (χ4n) is 4.43. The lowest BCUT2D eigenvalue weighted by Gasteiger charge is -2.07. The highest BCUT2D eigenvalue weighted by Gasteiger charge is 2.10. The molecule has 3 aromatic carbocycles. The Morgan fingerprint density at radius 1 is 0.583 bits per heavy atom. The molecule has 3 aromatic rings. The maximum absolute atomic E-state index is 11.3. The number of anilines is 1. The first-order chi connectivity index (χ1) is 22.6. The van der Waals surface area contributed by atoms with E-state index in [4.69, 9.17) is 26.2 Å². The SMILES string of the molecule is CCC(=NC)C(CCc1ccc(C)cc1)=NC.CCC(=O)C(=O)CCc1ccc(C)cc1.Cc1cc(C)c(N)c(C)c1.OC(O)=C(O)O. The third-order valence-corrected chi connectivity index (χ3v) is 7.31. The average molecular weight is 662 g/mol. The molecule has 0 saturated heterocycles. The minimum atomic E-state index is -1.46. The number of rotatable bonds is 10. The van der Waals surface area contributed by atoms with Gasteiger partial charge in [0.15, 0.2) is 11.6 Å². The van der Waals surface area contributed by atoms with Crippen molar-refractivity contribution in [1.82, 2.24) is 0 Å². The van der Waals surface area contributed by atoms with Crippen molar-refractivity contribution >= 4 is 28.7 Å². The molecule has 0 spiro atoms. The first-order valence-electron chi connectivity index (χ1n) is 16.0. The van der Waals surface area contributed by atoms with Crippen molar-refractivity contribution in [3.63, 3.8) is 0 Å². The van der Waals surface area contributed by atoms with Crippen molar-refractivity contribution in [2.75, 3.05) is 19.8 Å². The maximum atomic E-state index is 11.3. The Morgan fingerprint density at radius 2 is 0.979 bits per heavy atom. The number of nitrogens with two attached hydrogens (primary N) is 1. The van der Waals surface area contributed by atoms with Crippen LogP contribution in [0, 0.1) is 34.6 Å². The van der Waals surface area contributed by atoms with Gasteiger partial charge in [-0.1, -0.05) is 91.2 Å². The van der Waals surface area contributed by atoms with E-state index in [0.717, 1.165) is 41.9 Å². The molecule has 0 unspecified atom stereocenters. The number of nitrogens with zero attached hydrogens (tertiary/aromatic N) is 2. The number of benzene rings is 3. The van der Waals surface area contributed by atoms with Crippen LogP contribution in [0.3, 0.4) is 0 Å². The molecule has 48 heavy (non-hydrogen) atoms. The van der Waals surface area contributed by atoms with E-state index in [1.807, 2.05) is 59.1 Å². The van der Waals surface area contributed by atoms with Crippen LogP contribution in [-0.2, 0) is 22.4 Å². The lowest BCUT2D eigenvalue weighted by molar-refractivity contribution is -0.136. The first kappa shape index (κ1) is 43.1. The van der Waals surface area contributed by atoms with E-state index in [1.54, 1.807) is 6.92 Å². The highest BCUT2D eigenvalue weighted by molar-refractivity contribution is 6.42. The highest BCUT2D eigenvalue weighted by atomic mass is 16.5. The van der Waals surface area contributed by atoms with Gasteiger partial charge in [-0.2, -0.15) is 0 Å². The van der Waals surface area contributed by atoms with Crippen LogP contribution in [0.25, 0.3) is 0 Å². The zero-order valence-corrected chi connectivity index (χ0v) is 30.1. The van der Waals surface area contributed by atoms with E-state index in [9.17, 15) is 9.59 Å². The van der Waals surface area contributed by atoms with E-state index < -0.39 is 11.9 Å². The Labute approximate surface area is 286 Å². The molecule has 0 heterocycles. The largest absolute Gasteiger partial charge is 0.476 e. The number of aryl methyl sites for hydroxylation is 7. The minimum Gasteiger partial charge on any atom is -0.476 e. The van der Waals surface area contributed by atoms with E-state index >= 15 is 0 Å². The van der Waals surface area contributed by atoms with E-state index in [-0.39, 0.29) is 11.6 Å². The molecule has 0 aliphatic carbocycles. The summed E-state index contributed by atoms with van der Waals surface area (Å²) in [6, 6.07) is 20.9. The number of carbonyl (C=O) groups excluding carboxylic acids is 2. The Balaban J connectivity index is 0.000000651. The van der Waals surface area contributed by atoms with Gasteiger partial charge in [-0.3, -0.25) is 19.6 Å². The predicted molar refractivity (Wildman–Crippen MR) is 199 cm³/mol. The van der Waals surface area contributed by atoms with Gasteiger partial charge in [0.1, 0.15) is 0 Å². The monoisotopic (exact) mass is 661 g/mol. The van der Waals surface area contributed by atoms with Crippen LogP contribution in [0.15, 0.2) is 82.5 Å². The van der Waals surface area contributed by atoms with Crippen LogP contribution >= 0.6 is 0 Å². The number of nitrogen functional groups attached to an aromatic ring is 1. The predicted octanol–water partition coefficient (Wildman–Crippen LogP) is 8.49. The number of ketones is 2. The van der Waals surface area contributed by atoms with Gasteiger partial charge in [-0.05, 0) is 82.6 Å². The van der Waals surface area contributed by atoms with Gasteiger partial charge in [0.05, 0.1) is 11.4 Å². The molecular formula is C39H55N3O6. The van der Waals surface area contributed by atoms with Crippen LogP contribution in [0.1, 0.15) is 78.5 Å². The fourth-order valence-corrected chi connectivity index (χ4v) is 4.43. The number of aliphatic hydroxyl groups is 4. The van der Waals surface area contributed by atoms with Crippen LogP contribution < -0.4 is 5.73 Å². The van der Waals surface area contributed by atoms with Gasteiger partial charge >= 0.3 is 11.9 Å². The molecule has 0 fully saturated rings. The average Bonchev–Trinajstić information content (AvgIpc) is 3.06. The Morgan fingerprint density at radius 3 is 1.31 bits per heavy atom. The molecule has 262 valence electrons. The molecule has 0 bridgehead atoms. The van der Waals surface area contributed by atoms with Crippen molar-refractivity contribution in [3.05, 3.63) is 111 Å². The summed E-state index contributed by atoms with van der Waals surface area (Å²) in [6.07, 6.45) is 4.26. The molecule has 9 heteroatoms. The van der Waals surface area contributed by atoms with E-state index in [0.29, 0.717) is 19.3 Å². The summed E-state index contributed by atoms with van der Waals surface area (Å²) in [4.78, 5) is 30.9. The summed E-state index contributed by atoms with van der Waals surface area (Å²) in [5, 5.41) is 30.3. The molecule has 0 aliphatic rings. The number of aliphatic hydroxyl groups excluding tert-OH is 2. The van der Waals surface area contributed by atoms with Gasteiger partial charge in [-0.15, -0.1) is 0 Å². The van der Waals surface area contributed by atoms with Crippen LogP contribution in [-0.4, -0.2) is 57.5 Å². The van der Waals surface area contributed by atoms with Gasteiger partial charge < -0.3 is 26.2 Å². The topological polar surface area (TPSA) is 166 Å². The van der Waals surface area contributed by atoms with Crippen LogP contribution in [0.2, 0.25) is 0 Å². The van der Waals surface area contributed by atoms with Crippen molar-refractivity contribution < 1.29 is 30.0 Å². The van der Waals surface area contributed by atoms with Gasteiger partial charge in [0, 0.05) is 32.6 Å². The zero-order valence-electron chi connectivity index (χ0n) is 30.1. The quantitative estimate of drug-likeness (QED) is 0.0629. The molecule has 0 saturated carbocycles. The molecule has 0 atom stereocenters. The molecule has 3 rings (SSSR count). The van der Waals surface area contributed by atoms with Crippen molar-refractivity contribution in [2.24, 2.45) is 9.98 Å². The highest BCUT2D eigenvalue weighted by Crippen LogP contribution is 2.17. The molecule has 6 N–H and O–H groups in total. The molecule has 0 aliphatic heterocycles. The summed E-state index contributed by atoms with van der Waals surface area (Å²) in [5.41, 5.74) is 17.6. The Kier molecular flexibility index (Phi) is 21.0. The number of aliphatic imine (C=N–C) groups is 2. The molecule has 0 amide bonds. The van der Waals surface area contributed by atoms with E-state index in [1.165, 1.54) is 33.4 Å². The third kappa shape index (κ3) is 17.7. The van der Waals surface area contributed by atoms with Crippen LogP contribution in [0.5, 0.6) is 0 Å². The second kappa shape index (κ2) is 23.4. The van der Waals surface area contributed by atoms with Crippen molar-refractivity contribution in [2.45, 2.75) is 87.0 Å². The lowest BCUT2D eigenvalue weighted by atomic mass is 10.0. The minimum absolute atomic E-state index is 0.252. The zero-order chi connectivity index (χ0) is 36.8. The summed E-state index contributed by atoms with van der Waals surface area (Å²) in [6.45, 7) is 14.1. The fraction of sp³-hybridized carbons (Fsp3) is 0.385. The normalized spacial score (nSPS) is 10.7. The van der Waals surface area contributed by atoms with Gasteiger partial charge in [-0.25, -0.2) is 0 Å². The van der Waals surface area contributed by atoms with Crippen molar-refractivity contribution in [3.8, 4) is 0 Å². The summed E-state index contributed by atoms with van der Waals surface area (Å²) < 4.78 is 0.